The fourth-order valence-corrected chi connectivity index (χ4v) is 1.61. The number of carbonyl (C=O) groups excluding carboxylic acids is 2. The van der Waals surface area contributed by atoms with Crippen molar-refractivity contribution in [1.29, 1.82) is 0 Å². The van der Waals surface area contributed by atoms with Crippen molar-refractivity contribution in [1.82, 2.24) is 4.90 Å². The van der Waals surface area contributed by atoms with E-state index in [1.165, 1.54) is 11.3 Å². The normalized spacial score (nSPS) is 19.8. The van der Waals surface area contributed by atoms with E-state index in [1.54, 1.807) is 20.8 Å². The van der Waals surface area contributed by atoms with Crippen LogP contribution in [-0.4, -0.2) is 40.3 Å². The van der Waals surface area contributed by atoms with Crippen LogP contribution in [0.4, 0.5) is 4.79 Å². The lowest BCUT2D eigenvalue weighted by atomic mass is 10.2. The Balaban J connectivity index is 0.000000770. The van der Waals surface area contributed by atoms with Gasteiger partial charge in [0.25, 0.3) is 0 Å². The van der Waals surface area contributed by atoms with E-state index >= 15 is 0 Å². The number of alkyl halides is 1. The predicted octanol–water partition coefficient (Wildman–Crippen LogP) is 2.99. The van der Waals surface area contributed by atoms with Crippen LogP contribution in [0.25, 0.3) is 0 Å². The van der Waals surface area contributed by atoms with Crippen LogP contribution in [0.3, 0.4) is 0 Å². The molecule has 1 aliphatic rings. The Morgan fingerprint density at radius 3 is 2.24 bits per heavy atom. The monoisotopic (exact) mass is 307 g/mol. The number of ketones is 1. The van der Waals surface area contributed by atoms with Crippen LogP contribution in [-0.2, 0) is 9.53 Å². The second kappa shape index (κ2) is 6.99. The van der Waals surface area contributed by atoms with Crippen LogP contribution in [0, 0.1) is 0 Å². The molecule has 1 aliphatic heterocycles. The maximum absolute atomic E-state index is 11.5. The Hall–Kier alpha value is -0.580. The molecule has 1 heterocycles. The minimum Gasteiger partial charge on any atom is -0.444 e. The zero-order valence-corrected chi connectivity index (χ0v) is 12.8. The van der Waals surface area contributed by atoms with Gasteiger partial charge in [0.15, 0.2) is 5.78 Å². The van der Waals surface area contributed by atoms with E-state index in [2.05, 4.69) is 29.8 Å². The molecule has 0 aromatic heterocycles. The van der Waals surface area contributed by atoms with Crippen LogP contribution >= 0.6 is 15.9 Å². The molecule has 100 valence electrons. The standard InChI is InChI=1S/C9H14BrNO3.C3H8/c1-9(2,3)14-8(13)11-4-6(10)7(12)5-11;1-3-2/h6H,4-5H2,1-3H3;3H2,1-2H3. The van der Waals surface area contributed by atoms with Gasteiger partial charge in [-0.2, -0.15) is 0 Å². The minimum absolute atomic E-state index is 0.0239. The molecule has 0 saturated carbocycles. The molecule has 17 heavy (non-hydrogen) atoms. The summed E-state index contributed by atoms with van der Waals surface area (Å²) in [5, 5.41) is 0. The number of Topliss-reactive ketones (excluding diaryl/α,β-unsaturated/α-hetero) is 1. The number of ether oxygens (including phenoxy) is 1. The van der Waals surface area contributed by atoms with Gasteiger partial charge in [-0.3, -0.25) is 9.69 Å². The van der Waals surface area contributed by atoms with Gasteiger partial charge in [0.2, 0.25) is 0 Å². The first-order valence-electron chi connectivity index (χ1n) is 5.86. The van der Waals surface area contributed by atoms with E-state index in [9.17, 15) is 9.59 Å². The lowest BCUT2D eigenvalue weighted by Gasteiger charge is -2.23. The third kappa shape index (κ3) is 6.66. The van der Waals surface area contributed by atoms with Gasteiger partial charge >= 0.3 is 6.09 Å². The number of likely N-dealkylation sites (tertiary alicyclic amines) is 1. The number of hydrogen-bond acceptors (Lipinski definition) is 3. The van der Waals surface area contributed by atoms with Crippen molar-refractivity contribution in [2.45, 2.75) is 51.5 Å². The molecule has 0 aromatic carbocycles. The molecule has 0 aromatic rings. The van der Waals surface area contributed by atoms with E-state index in [1.807, 2.05) is 0 Å². The highest BCUT2D eigenvalue weighted by molar-refractivity contribution is 9.10. The van der Waals surface area contributed by atoms with E-state index in [4.69, 9.17) is 4.74 Å². The van der Waals surface area contributed by atoms with E-state index < -0.39 is 11.7 Å². The maximum atomic E-state index is 11.5. The average Bonchev–Trinajstić information content (AvgIpc) is 2.45. The molecular formula is C12H22BrNO3. The summed E-state index contributed by atoms with van der Waals surface area (Å²) in [6.07, 6.45) is 0.827. The molecule has 1 saturated heterocycles. The molecule has 1 unspecified atom stereocenters. The lowest BCUT2D eigenvalue weighted by Crippen LogP contribution is -2.35. The van der Waals surface area contributed by atoms with Crippen molar-refractivity contribution in [2.75, 3.05) is 13.1 Å². The summed E-state index contributed by atoms with van der Waals surface area (Å²) in [5.41, 5.74) is -0.509. The fourth-order valence-electron chi connectivity index (χ4n) is 1.11. The molecule has 1 atom stereocenters. The number of nitrogens with zero attached hydrogens (tertiary/aromatic N) is 1. The second-order valence-corrected chi connectivity index (χ2v) is 6.11. The topological polar surface area (TPSA) is 46.6 Å². The molecule has 1 amide bonds. The number of hydrogen-bond donors (Lipinski definition) is 0. The molecule has 1 rings (SSSR count). The SMILES string of the molecule is CC(C)(C)OC(=O)N1CC(=O)C(Br)C1.CCC. The first-order valence-corrected chi connectivity index (χ1v) is 6.77. The summed E-state index contributed by atoms with van der Waals surface area (Å²) in [4.78, 5) is 23.8. The summed E-state index contributed by atoms with van der Waals surface area (Å²) in [6.45, 7) is 10.2. The third-order valence-corrected chi connectivity index (χ3v) is 2.53. The molecule has 1 fully saturated rings. The van der Waals surface area contributed by atoms with Gasteiger partial charge in [-0.15, -0.1) is 0 Å². The maximum Gasteiger partial charge on any atom is 0.410 e. The largest absolute Gasteiger partial charge is 0.444 e. The van der Waals surface area contributed by atoms with Crippen LogP contribution < -0.4 is 0 Å². The van der Waals surface area contributed by atoms with Crippen molar-refractivity contribution < 1.29 is 14.3 Å². The molecule has 0 bridgehead atoms. The van der Waals surface area contributed by atoms with Crippen LogP contribution in [0.1, 0.15) is 41.0 Å². The molecule has 0 aliphatic carbocycles. The van der Waals surface area contributed by atoms with Crippen molar-refractivity contribution >= 4 is 27.8 Å². The van der Waals surface area contributed by atoms with Crippen LogP contribution in [0.5, 0.6) is 0 Å². The van der Waals surface area contributed by atoms with Gasteiger partial charge in [-0.1, -0.05) is 36.2 Å². The minimum atomic E-state index is -0.509. The Morgan fingerprint density at radius 2 is 1.94 bits per heavy atom. The van der Waals surface area contributed by atoms with Crippen LogP contribution in [0.2, 0.25) is 0 Å². The van der Waals surface area contributed by atoms with Gasteiger partial charge in [0.1, 0.15) is 5.60 Å². The number of rotatable bonds is 0. The Morgan fingerprint density at radius 1 is 1.47 bits per heavy atom. The first kappa shape index (κ1) is 16.4. The third-order valence-electron chi connectivity index (χ3n) is 1.73. The van der Waals surface area contributed by atoms with Gasteiger partial charge in [-0.25, -0.2) is 4.79 Å². The van der Waals surface area contributed by atoms with Crippen molar-refractivity contribution in [3.8, 4) is 0 Å². The molecule has 5 heteroatoms. The molecule has 0 N–H and O–H groups in total. The summed E-state index contributed by atoms with van der Waals surface area (Å²) in [5.74, 6) is 0.0239. The van der Waals surface area contributed by atoms with E-state index in [0.717, 1.165) is 0 Å². The molecule has 0 spiro atoms. The van der Waals surface area contributed by atoms with Crippen molar-refractivity contribution in [3.63, 3.8) is 0 Å². The smallest absolute Gasteiger partial charge is 0.410 e. The van der Waals surface area contributed by atoms with Gasteiger partial charge in [-0.05, 0) is 20.8 Å². The molecule has 4 nitrogen and oxygen atoms in total. The van der Waals surface area contributed by atoms with Crippen molar-refractivity contribution in [2.24, 2.45) is 0 Å². The van der Waals surface area contributed by atoms with Gasteiger partial charge < -0.3 is 4.74 Å². The Labute approximate surface area is 112 Å². The first-order chi connectivity index (χ1) is 7.71. The number of amides is 1. The Bertz CT molecular complexity index is 273. The summed E-state index contributed by atoms with van der Waals surface area (Å²) in [7, 11) is 0. The highest BCUT2D eigenvalue weighted by Gasteiger charge is 2.34. The van der Waals surface area contributed by atoms with E-state index in [-0.39, 0.29) is 17.2 Å². The number of carbonyl (C=O) groups is 2. The average molecular weight is 308 g/mol. The van der Waals surface area contributed by atoms with Crippen LogP contribution in [0.15, 0.2) is 0 Å². The highest BCUT2D eigenvalue weighted by Crippen LogP contribution is 2.17. The zero-order valence-electron chi connectivity index (χ0n) is 11.2. The fraction of sp³-hybridized carbons (Fsp3) is 0.833. The van der Waals surface area contributed by atoms with Gasteiger partial charge in [0.05, 0.1) is 11.4 Å². The highest BCUT2D eigenvalue weighted by atomic mass is 79.9. The zero-order chi connectivity index (χ0) is 13.6. The quantitative estimate of drug-likeness (QED) is 0.646. The summed E-state index contributed by atoms with van der Waals surface area (Å²) < 4.78 is 5.13. The predicted molar refractivity (Wildman–Crippen MR) is 71.5 cm³/mol. The van der Waals surface area contributed by atoms with Crippen molar-refractivity contribution in [3.05, 3.63) is 0 Å². The van der Waals surface area contributed by atoms with E-state index in [0.29, 0.717) is 6.54 Å². The Kier molecular flexibility index (Phi) is 6.75. The summed E-state index contributed by atoms with van der Waals surface area (Å²) >= 11 is 3.19. The molecule has 0 radical (unpaired) electrons. The lowest BCUT2D eigenvalue weighted by molar-refractivity contribution is -0.116. The molecular weight excluding hydrogens is 286 g/mol. The number of halogens is 1. The summed E-state index contributed by atoms with van der Waals surface area (Å²) in [6, 6.07) is 0. The van der Waals surface area contributed by atoms with Gasteiger partial charge in [0, 0.05) is 6.54 Å². The second-order valence-electron chi connectivity index (χ2n) is 5.00.